The molecule has 1 aromatic carbocycles. The van der Waals surface area contributed by atoms with Crippen LogP contribution in [-0.4, -0.2) is 54.4 Å². The fraction of sp³-hybridized carbons (Fsp3) is 0.318. The summed E-state index contributed by atoms with van der Waals surface area (Å²) in [6.45, 7) is -0.313. The summed E-state index contributed by atoms with van der Waals surface area (Å²) in [7, 11) is 0. The van der Waals surface area contributed by atoms with Crippen LogP contribution in [0.2, 0.25) is 0 Å². The van der Waals surface area contributed by atoms with E-state index in [0.717, 1.165) is 20.3 Å². The van der Waals surface area contributed by atoms with Crippen LogP contribution in [0.1, 0.15) is 18.3 Å². The molecular weight excluding hydrogens is 402 g/mol. The lowest BCUT2D eigenvalue weighted by molar-refractivity contribution is -0.0458. The minimum Gasteiger partial charge on any atom is -0.396 e. The van der Waals surface area contributed by atoms with Gasteiger partial charge in [-0.15, -0.1) is 0 Å². The lowest BCUT2D eigenvalue weighted by Gasteiger charge is -2.19. The van der Waals surface area contributed by atoms with Crippen LogP contribution in [0.15, 0.2) is 70.5 Å². The summed E-state index contributed by atoms with van der Waals surface area (Å²) in [4.78, 5) is 30.0. The van der Waals surface area contributed by atoms with Gasteiger partial charge in [-0.25, -0.2) is 4.79 Å². The molecule has 3 aromatic rings. The molecule has 4 unspecified atom stereocenters. The quantitative estimate of drug-likeness (QED) is 0.512. The van der Waals surface area contributed by atoms with E-state index in [1.807, 2.05) is 36.4 Å². The van der Waals surface area contributed by atoms with Crippen LogP contribution in [0.5, 0.6) is 0 Å². The number of aliphatic hydroxyl groups excluding tert-OH is 3. The SMILES string of the molecule is O=c1ccn(C2OC(CCO)C(O)C2O)c(=O)n1Cc1ncccc1-c1ccccc1. The van der Waals surface area contributed by atoms with Crippen molar-refractivity contribution in [2.45, 2.75) is 37.5 Å². The maximum Gasteiger partial charge on any atom is 0.333 e. The molecule has 1 aliphatic heterocycles. The van der Waals surface area contributed by atoms with Crippen LogP contribution in [0.4, 0.5) is 0 Å². The van der Waals surface area contributed by atoms with Crippen molar-refractivity contribution >= 4 is 0 Å². The molecule has 3 heterocycles. The van der Waals surface area contributed by atoms with Crippen molar-refractivity contribution in [1.82, 2.24) is 14.1 Å². The molecule has 0 aliphatic carbocycles. The van der Waals surface area contributed by atoms with Gasteiger partial charge in [-0.2, -0.15) is 0 Å². The number of rotatable bonds is 6. The average Bonchev–Trinajstić information content (AvgIpc) is 3.06. The van der Waals surface area contributed by atoms with Gasteiger partial charge in [0.05, 0.1) is 18.3 Å². The third kappa shape index (κ3) is 4.08. The summed E-state index contributed by atoms with van der Waals surface area (Å²) in [6.07, 6.45) is -1.70. The molecule has 9 nitrogen and oxygen atoms in total. The molecule has 3 N–H and O–H groups in total. The first kappa shape index (κ1) is 21.1. The maximum absolute atomic E-state index is 13.1. The Labute approximate surface area is 177 Å². The van der Waals surface area contributed by atoms with Crippen molar-refractivity contribution < 1.29 is 20.1 Å². The number of hydrogen-bond acceptors (Lipinski definition) is 7. The van der Waals surface area contributed by atoms with Crippen molar-refractivity contribution in [3.8, 4) is 11.1 Å². The molecule has 1 fully saturated rings. The van der Waals surface area contributed by atoms with Crippen LogP contribution in [0.3, 0.4) is 0 Å². The predicted molar refractivity (Wildman–Crippen MR) is 111 cm³/mol. The van der Waals surface area contributed by atoms with Crippen LogP contribution in [0, 0.1) is 0 Å². The molecule has 4 atom stereocenters. The Morgan fingerprint density at radius 2 is 1.77 bits per heavy atom. The van der Waals surface area contributed by atoms with Gasteiger partial charge in [-0.3, -0.25) is 18.9 Å². The average molecular weight is 425 g/mol. The van der Waals surface area contributed by atoms with E-state index in [0.29, 0.717) is 5.69 Å². The molecular formula is C22H23N3O6. The zero-order chi connectivity index (χ0) is 22.0. The van der Waals surface area contributed by atoms with E-state index < -0.39 is 35.8 Å². The van der Waals surface area contributed by atoms with Crippen molar-refractivity contribution in [3.63, 3.8) is 0 Å². The first-order valence-corrected chi connectivity index (χ1v) is 9.95. The fourth-order valence-electron chi connectivity index (χ4n) is 3.79. The van der Waals surface area contributed by atoms with E-state index in [4.69, 9.17) is 9.84 Å². The molecule has 0 amide bonds. The van der Waals surface area contributed by atoms with Crippen molar-refractivity contribution in [2.75, 3.05) is 6.61 Å². The van der Waals surface area contributed by atoms with Gasteiger partial charge in [0.2, 0.25) is 0 Å². The smallest absolute Gasteiger partial charge is 0.333 e. The van der Waals surface area contributed by atoms with E-state index in [9.17, 15) is 19.8 Å². The number of ether oxygens (including phenoxy) is 1. The first-order valence-electron chi connectivity index (χ1n) is 9.95. The Morgan fingerprint density at radius 3 is 2.52 bits per heavy atom. The van der Waals surface area contributed by atoms with Gasteiger partial charge >= 0.3 is 5.69 Å². The Bertz CT molecular complexity index is 1160. The van der Waals surface area contributed by atoms with E-state index in [1.54, 1.807) is 12.3 Å². The topological polar surface area (TPSA) is 127 Å². The van der Waals surface area contributed by atoms with Crippen molar-refractivity contribution in [1.29, 1.82) is 0 Å². The highest BCUT2D eigenvalue weighted by atomic mass is 16.6. The van der Waals surface area contributed by atoms with Gasteiger partial charge in [0.25, 0.3) is 5.56 Å². The fourth-order valence-corrected chi connectivity index (χ4v) is 3.79. The summed E-state index contributed by atoms with van der Waals surface area (Å²) in [6, 6.07) is 14.4. The lowest BCUT2D eigenvalue weighted by Crippen LogP contribution is -2.43. The monoisotopic (exact) mass is 425 g/mol. The number of hydrogen-bond donors (Lipinski definition) is 3. The molecule has 31 heavy (non-hydrogen) atoms. The second-order valence-corrected chi connectivity index (χ2v) is 7.35. The third-order valence-electron chi connectivity index (χ3n) is 5.40. The van der Waals surface area contributed by atoms with Gasteiger partial charge < -0.3 is 20.1 Å². The highest BCUT2D eigenvalue weighted by molar-refractivity contribution is 5.65. The zero-order valence-electron chi connectivity index (χ0n) is 16.6. The second-order valence-electron chi connectivity index (χ2n) is 7.35. The zero-order valence-corrected chi connectivity index (χ0v) is 16.6. The highest BCUT2D eigenvalue weighted by Crippen LogP contribution is 2.29. The summed E-state index contributed by atoms with van der Waals surface area (Å²) in [5, 5.41) is 29.6. The lowest BCUT2D eigenvalue weighted by atomic mass is 10.0. The summed E-state index contributed by atoms with van der Waals surface area (Å²) in [5.41, 5.74) is 1.01. The number of nitrogens with zero attached hydrogens (tertiary/aromatic N) is 3. The second kappa shape index (κ2) is 8.94. The van der Waals surface area contributed by atoms with Crippen LogP contribution in [0.25, 0.3) is 11.1 Å². The normalized spacial score (nSPS) is 23.2. The Hall–Kier alpha value is -3.11. The van der Waals surface area contributed by atoms with E-state index >= 15 is 0 Å². The van der Waals surface area contributed by atoms with Crippen LogP contribution >= 0.6 is 0 Å². The maximum atomic E-state index is 13.1. The molecule has 1 saturated heterocycles. The van der Waals surface area contributed by atoms with Crippen molar-refractivity contribution in [3.05, 3.63) is 87.5 Å². The minimum absolute atomic E-state index is 0.0744. The first-order chi connectivity index (χ1) is 15.0. The van der Waals surface area contributed by atoms with Crippen molar-refractivity contribution in [2.24, 2.45) is 0 Å². The van der Waals surface area contributed by atoms with Gasteiger partial charge in [-0.05, 0) is 18.1 Å². The van der Waals surface area contributed by atoms with E-state index in [-0.39, 0.29) is 19.6 Å². The summed E-state index contributed by atoms with van der Waals surface area (Å²) >= 11 is 0. The Balaban J connectivity index is 1.71. The molecule has 0 bridgehead atoms. The molecule has 4 rings (SSSR count). The molecule has 0 saturated carbocycles. The van der Waals surface area contributed by atoms with Crippen LogP contribution < -0.4 is 11.2 Å². The highest BCUT2D eigenvalue weighted by Gasteiger charge is 2.43. The standard InChI is InChI=1S/C22H23N3O6/c26-12-9-17-19(28)20(29)21(31-17)24-11-8-18(27)25(22(24)30)13-16-15(7-4-10-23-16)14-5-2-1-3-6-14/h1-8,10-11,17,19-21,26,28-29H,9,12-13H2. The van der Waals surface area contributed by atoms with Gasteiger partial charge in [0.15, 0.2) is 6.23 Å². The molecule has 0 radical (unpaired) electrons. The minimum atomic E-state index is -1.38. The van der Waals surface area contributed by atoms with Gasteiger partial charge in [-0.1, -0.05) is 36.4 Å². The Kier molecular flexibility index (Phi) is 6.10. The van der Waals surface area contributed by atoms with Gasteiger partial charge in [0.1, 0.15) is 12.2 Å². The molecule has 0 spiro atoms. The van der Waals surface area contributed by atoms with Gasteiger partial charge in [0, 0.05) is 30.6 Å². The number of aromatic nitrogens is 3. The Morgan fingerprint density at radius 1 is 1.00 bits per heavy atom. The largest absolute Gasteiger partial charge is 0.396 e. The molecule has 2 aromatic heterocycles. The summed E-state index contributed by atoms with van der Waals surface area (Å²) in [5.74, 6) is 0. The molecule has 9 heteroatoms. The number of aliphatic hydroxyl groups is 3. The van der Waals surface area contributed by atoms with Crippen LogP contribution in [-0.2, 0) is 11.3 Å². The third-order valence-corrected chi connectivity index (χ3v) is 5.40. The number of benzene rings is 1. The molecule has 1 aliphatic rings. The van der Waals surface area contributed by atoms with E-state index in [1.165, 1.54) is 12.3 Å². The molecule has 162 valence electrons. The van der Waals surface area contributed by atoms with E-state index in [2.05, 4.69) is 4.98 Å². The number of pyridine rings is 1. The summed E-state index contributed by atoms with van der Waals surface area (Å²) < 4.78 is 7.70. The predicted octanol–water partition coefficient (Wildman–Crippen LogP) is 0.122.